The summed E-state index contributed by atoms with van der Waals surface area (Å²) >= 11 is 2.40. The van der Waals surface area contributed by atoms with Crippen LogP contribution in [0.2, 0.25) is 0 Å². The maximum absolute atomic E-state index is 4.19. The first-order chi connectivity index (χ1) is 6.86. The zero-order chi connectivity index (χ0) is 9.80. The summed E-state index contributed by atoms with van der Waals surface area (Å²) < 4.78 is 1.36. The van der Waals surface area contributed by atoms with Gasteiger partial charge in [0.05, 0.1) is 0 Å². The van der Waals surface area contributed by atoms with Crippen LogP contribution in [0, 0.1) is 9.49 Å². The molecule has 0 spiro atoms. The van der Waals surface area contributed by atoms with Gasteiger partial charge in [-0.1, -0.05) is 0 Å². The van der Waals surface area contributed by atoms with Crippen molar-refractivity contribution in [3.8, 4) is 0 Å². The van der Waals surface area contributed by atoms with E-state index >= 15 is 0 Å². The van der Waals surface area contributed by atoms with Crippen molar-refractivity contribution < 1.29 is 0 Å². The van der Waals surface area contributed by atoms with Crippen LogP contribution in [0.3, 0.4) is 0 Å². The molecular formula is C11H15IN2. The summed E-state index contributed by atoms with van der Waals surface area (Å²) in [5.41, 5.74) is 1.42. The average molecular weight is 302 g/mol. The molecule has 0 aliphatic carbocycles. The Morgan fingerprint density at radius 1 is 1.43 bits per heavy atom. The predicted octanol–water partition coefficient (Wildman–Crippen LogP) is 2.23. The Kier molecular flexibility index (Phi) is 3.75. The smallest absolute Gasteiger partial charge is 0.0310 e. The van der Waals surface area contributed by atoms with E-state index in [9.17, 15) is 0 Å². The molecule has 2 heterocycles. The van der Waals surface area contributed by atoms with Gasteiger partial charge in [-0.3, -0.25) is 4.98 Å². The molecule has 0 bridgehead atoms. The number of nitrogens with zero attached hydrogens (tertiary/aromatic N) is 1. The van der Waals surface area contributed by atoms with E-state index in [0.29, 0.717) is 0 Å². The zero-order valence-electron chi connectivity index (χ0n) is 8.17. The van der Waals surface area contributed by atoms with Crippen molar-refractivity contribution in [2.24, 2.45) is 5.92 Å². The highest BCUT2D eigenvalue weighted by Gasteiger charge is 2.14. The molecule has 1 aliphatic rings. The van der Waals surface area contributed by atoms with Crippen molar-refractivity contribution in [1.29, 1.82) is 0 Å². The molecule has 2 nitrogen and oxygen atoms in total. The van der Waals surface area contributed by atoms with E-state index in [4.69, 9.17) is 0 Å². The molecule has 2 rings (SSSR count). The van der Waals surface area contributed by atoms with Crippen molar-refractivity contribution in [2.75, 3.05) is 13.1 Å². The molecule has 1 saturated heterocycles. The standard InChI is InChI=1S/C11H15IN2/c12-11-3-6-14-8-10(11)7-9-1-4-13-5-2-9/h3,6,8-9,13H,1-2,4-5,7H2. The number of hydrogen-bond donors (Lipinski definition) is 1. The lowest BCUT2D eigenvalue weighted by Crippen LogP contribution is -2.28. The molecule has 1 aromatic rings. The van der Waals surface area contributed by atoms with E-state index < -0.39 is 0 Å². The summed E-state index contributed by atoms with van der Waals surface area (Å²) in [5.74, 6) is 0.856. The Morgan fingerprint density at radius 3 is 2.93 bits per heavy atom. The van der Waals surface area contributed by atoms with Gasteiger partial charge in [-0.15, -0.1) is 0 Å². The normalized spacial score (nSPS) is 18.4. The molecular weight excluding hydrogens is 287 g/mol. The molecule has 1 aliphatic heterocycles. The molecule has 0 saturated carbocycles. The summed E-state index contributed by atoms with van der Waals surface area (Å²) in [7, 11) is 0. The second kappa shape index (κ2) is 5.07. The summed E-state index contributed by atoms with van der Waals surface area (Å²) in [6.07, 6.45) is 7.71. The van der Waals surface area contributed by atoms with Gasteiger partial charge in [0.1, 0.15) is 0 Å². The van der Waals surface area contributed by atoms with Crippen molar-refractivity contribution in [1.82, 2.24) is 10.3 Å². The molecule has 76 valence electrons. The lowest BCUT2D eigenvalue weighted by atomic mass is 9.92. The van der Waals surface area contributed by atoms with E-state index in [1.807, 2.05) is 12.4 Å². The first kappa shape index (κ1) is 10.4. The maximum Gasteiger partial charge on any atom is 0.0310 e. The highest BCUT2D eigenvalue weighted by Crippen LogP contribution is 2.20. The number of nitrogens with one attached hydrogen (secondary N) is 1. The third-order valence-corrected chi connectivity index (χ3v) is 3.86. The number of pyridine rings is 1. The number of halogens is 1. The topological polar surface area (TPSA) is 24.9 Å². The van der Waals surface area contributed by atoms with E-state index in [0.717, 1.165) is 5.92 Å². The second-order valence-electron chi connectivity index (χ2n) is 3.86. The molecule has 3 heteroatoms. The molecule has 0 radical (unpaired) electrons. The number of hydrogen-bond acceptors (Lipinski definition) is 2. The van der Waals surface area contributed by atoms with Crippen LogP contribution in [-0.2, 0) is 6.42 Å². The fraction of sp³-hybridized carbons (Fsp3) is 0.545. The van der Waals surface area contributed by atoms with Crippen molar-refractivity contribution in [3.05, 3.63) is 27.6 Å². The van der Waals surface area contributed by atoms with E-state index in [1.54, 1.807) is 0 Å². The van der Waals surface area contributed by atoms with Crippen LogP contribution in [0.4, 0.5) is 0 Å². The molecule has 1 N–H and O–H groups in total. The van der Waals surface area contributed by atoms with Crippen molar-refractivity contribution >= 4 is 22.6 Å². The van der Waals surface area contributed by atoms with Crippen LogP contribution < -0.4 is 5.32 Å². The SMILES string of the molecule is Ic1ccncc1CC1CCNCC1. The van der Waals surface area contributed by atoms with Crippen molar-refractivity contribution in [2.45, 2.75) is 19.3 Å². The number of rotatable bonds is 2. The second-order valence-corrected chi connectivity index (χ2v) is 5.03. The third kappa shape index (κ3) is 2.67. The van der Waals surface area contributed by atoms with E-state index in [-0.39, 0.29) is 0 Å². The van der Waals surface area contributed by atoms with Crippen LogP contribution in [-0.4, -0.2) is 18.1 Å². The molecule has 1 aromatic heterocycles. The van der Waals surface area contributed by atoms with Crippen LogP contribution in [0.15, 0.2) is 18.5 Å². The van der Waals surface area contributed by atoms with E-state index in [1.165, 1.54) is 41.5 Å². The quantitative estimate of drug-likeness (QED) is 0.848. The average Bonchev–Trinajstić information content (AvgIpc) is 2.23. The molecule has 0 unspecified atom stereocenters. The Labute approximate surface area is 98.6 Å². The largest absolute Gasteiger partial charge is 0.317 e. The number of piperidine rings is 1. The van der Waals surface area contributed by atoms with Gasteiger partial charge in [0.25, 0.3) is 0 Å². The van der Waals surface area contributed by atoms with Crippen LogP contribution in [0.25, 0.3) is 0 Å². The molecule has 0 atom stereocenters. The predicted molar refractivity (Wildman–Crippen MR) is 66.3 cm³/mol. The van der Waals surface area contributed by atoms with Gasteiger partial charge in [-0.2, -0.15) is 0 Å². The van der Waals surface area contributed by atoms with Gasteiger partial charge < -0.3 is 5.32 Å². The molecule has 1 fully saturated rings. The fourth-order valence-electron chi connectivity index (χ4n) is 1.96. The Balaban J connectivity index is 1.99. The van der Waals surface area contributed by atoms with Crippen LogP contribution in [0.5, 0.6) is 0 Å². The Hall–Kier alpha value is -0.160. The Morgan fingerprint density at radius 2 is 2.21 bits per heavy atom. The summed E-state index contributed by atoms with van der Waals surface area (Å²) in [5, 5.41) is 3.40. The highest BCUT2D eigenvalue weighted by atomic mass is 127. The lowest BCUT2D eigenvalue weighted by molar-refractivity contribution is 0.372. The zero-order valence-corrected chi connectivity index (χ0v) is 10.3. The minimum absolute atomic E-state index is 0.856. The van der Waals surface area contributed by atoms with Crippen LogP contribution >= 0.6 is 22.6 Å². The van der Waals surface area contributed by atoms with Gasteiger partial charge in [0, 0.05) is 16.0 Å². The van der Waals surface area contributed by atoms with Gasteiger partial charge >= 0.3 is 0 Å². The minimum atomic E-state index is 0.856. The monoisotopic (exact) mass is 302 g/mol. The first-order valence-corrected chi connectivity index (χ1v) is 6.23. The molecule has 14 heavy (non-hydrogen) atoms. The third-order valence-electron chi connectivity index (χ3n) is 2.81. The maximum atomic E-state index is 4.19. The van der Waals surface area contributed by atoms with Gasteiger partial charge in [-0.25, -0.2) is 0 Å². The highest BCUT2D eigenvalue weighted by molar-refractivity contribution is 14.1. The summed E-state index contributed by atoms with van der Waals surface area (Å²) in [6.45, 7) is 2.36. The van der Waals surface area contributed by atoms with Gasteiger partial charge in [0.15, 0.2) is 0 Å². The van der Waals surface area contributed by atoms with E-state index in [2.05, 4.69) is 39.0 Å². The van der Waals surface area contributed by atoms with Gasteiger partial charge in [0.2, 0.25) is 0 Å². The number of aromatic nitrogens is 1. The fourth-order valence-corrected chi connectivity index (χ4v) is 2.48. The minimum Gasteiger partial charge on any atom is -0.317 e. The molecule has 0 aromatic carbocycles. The summed E-state index contributed by atoms with van der Waals surface area (Å²) in [6, 6.07) is 2.09. The summed E-state index contributed by atoms with van der Waals surface area (Å²) in [4.78, 5) is 4.19. The lowest BCUT2D eigenvalue weighted by Gasteiger charge is -2.22. The van der Waals surface area contributed by atoms with Crippen LogP contribution in [0.1, 0.15) is 18.4 Å². The van der Waals surface area contributed by atoms with Crippen molar-refractivity contribution in [3.63, 3.8) is 0 Å². The molecule has 0 amide bonds. The first-order valence-electron chi connectivity index (χ1n) is 5.15. The van der Waals surface area contributed by atoms with Gasteiger partial charge in [-0.05, 0) is 72.5 Å². The Bertz CT molecular complexity index is 295.